The summed E-state index contributed by atoms with van der Waals surface area (Å²) in [6.45, 7) is 4.46. The predicted molar refractivity (Wildman–Crippen MR) is 65.4 cm³/mol. The molecule has 17 heavy (non-hydrogen) atoms. The summed E-state index contributed by atoms with van der Waals surface area (Å²) in [6.07, 6.45) is -0.287. The highest BCUT2D eigenvalue weighted by molar-refractivity contribution is 7.75. The quantitative estimate of drug-likeness (QED) is 0.850. The first-order valence-electron chi connectivity index (χ1n) is 5.18. The van der Waals surface area contributed by atoms with Gasteiger partial charge < -0.3 is 4.74 Å². The van der Waals surface area contributed by atoms with Crippen LogP contribution in [-0.2, 0) is 19.7 Å². The minimum absolute atomic E-state index is 0.287. The van der Waals surface area contributed by atoms with Crippen LogP contribution in [0.5, 0.6) is 5.75 Å². The second kappa shape index (κ2) is 5.35. The van der Waals surface area contributed by atoms with E-state index in [9.17, 15) is 4.21 Å². The predicted octanol–water partition coefficient (Wildman–Crippen LogP) is 2.33. The molecule has 0 aliphatic carbocycles. The molecule has 0 bridgehead atoms. The molecule has 0 radical (unpaired) electrons. The average molecular weight is 277 g/mol. The van der Waals surface area contributed by atoms with Crippen molar-refractivity contribution >= 4 is 23.0 Å². The first-order chi connectivity index (χ1) is 8.06. The first-order valence-corrected chi connectivity index (χ1v) is 6.56. The highest BCUT2D eigenvalue weighted by Crippen LogP contribution is 2.27. The third kappa shape index (κ3) is 3.19. The largest absolute Gasteiger partial charge is 0.490 e. The van der Waals surface area contributed by atoms with Crippen LogP contribution in [0.3, 0.4) is 0 Å². The van der Waals surface area contributed by atoms with E-state index in [4.69, 9.17) is 24.7 Å². The molecule has 0 amide bonds. The lowest BCUT2D eigenvalue weighted by atomic mass is 10.1. The van der Waals surface area contributed by atoms with Crippen LogP contribution in [0.2, 0.25) is 5.02 Å². The Bertz CT molecular complexity index is 426. The molecule has 94 valence electrons. The Morgan fingerprint density at radius 3 is 2.65 bits per heavy atom. The van der Waals surface area contributed by atoms with Gasteiger partial charge in [-0.3, -0.25) is 8.37 Å². The number of ether oxygens (including phenoxy) is 1. The maximum atomic E-state index is 10.8. The minimum atomic E-state index is -1.63. The number of rotatable bonds is 3. The van der Waals surface area contributed by atoms with Gasteiger partial charge in [0.1, 0.15) is 18.5 Å². The third-order valence-electron chi connectivity index (χ3n) is 2.40. The van der Waals surface area contributed by atoms with E-state index in [0.717, 1.165) is 16.9 Å². The lowest BCUT2D eigenvalue weighted by Crippen LogP contribution is -2.20. The van der Waals surface area contributed by atoms with E-state index in [2.05, 4.69) is 0 Å². The molecule has 0 aromatic heterocycles. The number of halogens is 1. The normalized spacial score (nSPS) is 23.9. The highest BCUT2D eigenvalue weighted by atomic mass is 35.5. The van der Waals surface area contributed by atoms with Crippen LogP contribution in [-0.4, -0.2) is 23.5 Å². The molecule has 0 spiro atoms. The van der Waals surface area contributed by atoms with Crippen LogP contribution in [0.4, 0.5) is 0 Å². The van der Waals surface area contributed by atoms with Crippen molar-refractivity contribution in [2.75, 3.05) is 13.2 Å². The van der Waals surface area contributed by atoms with Crippen LogP contribution < -0.4 is 4.74 Å². The Hall–Kier alpha value is -0.620. The van der Waals surface area contributed by atoms with Crippen molar-refractivity contribution in [3.63, 3.8) is 0 Å². The highest BCUT2D eigenvalue weighted by Gasteiger charge is 2.24. The Kier molecular flexibility index (Phi) is 4.04. The summed E-state index contributed by atoms with van der Waals surface area (Å²) in [5.74, 6) is 0.788. The van der Waals surface area contributed by atoms with Crippen molar-refractivity contribution in [3.8, 4) is 5.75 Å². The molecule has 1 fully saturated rings. The Morgan fingerprint density at radius 2 is 2.12 bits per heavy atom. The zero-order valence-corrected chi connectivity index (χ0v) is 11.1. The van der Waals surface area contributed by atoms with Crippen molar-refractivity contribution < 1.29 is 17.3 Å². The fourth-order valence-corrected chi connectivity index (χ4v) is 2.65. The standard InChI is InChI=1S/C11H13ClO4S/c1-7-3-9(12)4-8(2)11(7)14-5-10-6-15-17(13)16-10/h3-4,10H,5-6H2,1-2H3/t10-,17+/m0/s1. The summed E-state index contributed by atoms with van der Waals surface area (Å²) in [6, 6.07) is 3.68. The zero-order valence-electron chi connectivity index (χ0n) is 9.57. The summed E-state index contributed by atoms with van der Waals surface area (Å²) >= 11 is 4.30. The fourth-order valence-electron chi connectivity index (χ4n) is 1.68. The van der Waals surface area contributed by atoms with Crippen LogP contribution in [0.1, 0.15) is 11.1 Å². The lowest BCUT2D eigenvalue weighted by molar-refractivity contribution is 0.150. The van der Waals surface area contributed by atoms with E-state index in [1.165, 1.54) is 0 Å². The van der Waals surface area contributed by atoms with Gasteiger partial charge in [-0.1, -0.05) is 11.6 Å². The first kappa shape index (κ1) is 12.8. The Morgan fingerprint density at radius 1 is 1.47 bits per heavy atom. The summed E-state index contributed by atoms with van der Waals surface area (Å²) in [7, 11) is 0. The molecule has 4 nitrogen and oxygen atoms in total. The minimum Gasteiger partial charge on any atom is -0.490 e. The van der Waals surface area contributed by atoms with Crippen molar-refractivity contribution in [3.05, 3.63) is 28.3 Å². The van der Waals surface area contributed by atoms with Gasteiger partial charge in [-0.05, 0) is 37.1 Å². The molecule has 2 atom stereocenters. The van der Waals surface area contributed by atoms with Crippen LogP contribution in [0, 0.1) is 13.8 Å². The summed E-state index contributed by atoms with van der Waals surface area (Å²) in [5, 5.41) is 0.689. The van der Waals surface area contributed by atoms with Crippen molar-refractivity contribution in [2.24, 2.45) is 0 Å². The van der Waals surface area contributed by atoms with Gasteiger partial charge in [0.05, 0.1) is 6.61 Å². The maximum Gasteiger partial charge on any atom is 0.305 e. The van der Waals surface area contributed by atoms with Crippen molar-refractivity contribution in [2.45, 2.75) is 20.0 Å². The molecule has 0 unspecified atom stereocenters. The van der Waals surface area contributed by atoms with Gasteiger partial charge in [0.2, 0.25) is 0 Å². The molecule has 0 N–H and O–H groups in total. The molecule has 1 heterocycles. The summed E-state index contributed by atoms with van der Waals surface area (Å²) < 4.78 is 26.3. The monoisotopic (exact) mass is 276 g/mol. The van der Waals surface area contributed by atoms with Crippen LogP contribution in [0.25, 0.3) is 0 Å². The molecule has 1 aromatic carbocycles. The van der Waals surface area contributed by atoms with E-state index in [1.807, 2.05) is 26.0 Å². The average Bonchev–Trinajstić information content (AvgIpc) is 2.62. The summed E-state index contributed by atoms with van der Waals surface area (Å²) in [4.78, 5) is 0. The number of benzene rings is 1. The van der Waals surface area contributed by atoms with E-state index in [1.54, 1.807) is 0 Å². The number of hydrogen-bond acceptors (Lipinski definition) is 4. The third-order valence-corrected chi connectivity index (χ3v) is 3.38. The van der Waals surface area contributed by atoms with Crippen LogP contribution >= 0.6 is 11.6 Å². The molecule has 1 saturated heterocycles. The zero-order chi connectivity index (χ0) is 12.4. The number of aryl methyl sites for hydroxylation is 2. The van der Waals surface area contributed by atoms with E-state index < -0.39 is 11.4 Å². The molecule has 1 aliphatic rings. The van der Waals surface area contributed by atoms with Crippen LogP contribution in [0.15, 0.2) is 12.1 Å². The second-order valence-electron chi connectivity index (χ2n) is 3.89. The van der Waals surface area contributed by atoms with Gasteiger partial charge in [-0.25, -0.2) is 0 Å². The molecule has 1 aromatic rings. The molecular weight excluding hydrogens is 264 g/mol. The lowest BCUT2D eigenvalue weighted by Gasteiger charge is -2.14. The molecule has 1 aliphatic heterocycles. The van der Waals surface area contributed by atoms with Gasteiger partial charge in [0, 0.05) is 5.02 Å². The Labute approximate surface area is 108 Å². The van der Waals surface area contributed by atoms with Crippen molar-refractivity contribution in [1.82, 2.24) is 0 Å². The fraction of sp³-hybridized carbons (Fsp3) is 0.455. The van der Waals surface area contributed by atoms with Gasteiger partial charge in [-0.2, -0.15) is 4.21 Å². The summed E-state index contributed by atoms with van der Waals surface area (Å²) in [5.41, 5.74) is 1.94. The van der Waals surface area contributed by atoms with Gasteiger partial charge >= 0.3 is 11.4 Å². The van der Waals surface area contributed by atoms with Gasteiger partial charge in [0.15, 0.2) is 0 Å². The van der Waals surface area contributed by atoms with E-state index in [-0.39, 0.29) is 12.7 Å². The molecular formula is C11H13ClO4S. The number of hydrogen-bond donors (Lipinski definition) is 0. The Balaban J connectivity index is 2.01. The van der Waals surface area contributed by atoms with E-state index in [0.29, 0.717) is 11.6 Å². The van der Waals surface area contributed by atoms with Gasteiger partial charge in [-0.15, -0.1) is 0 Å². The molecule has 0 saturated carbocycles. The molecule has 2 rings (SSSR count). The SMILES string of the molecule is Cc1cc(Cl)cc(C)c1OC[C@H]1CO[S@@](=O)O1. The topological polar surface area (TPSA) is 44.8 Å². The van der Waals surface area contributed by atoms with Gasteiger partial charge in [0.25, 0.3) is 0 Å². The van der Waals surface area contributed by atoms with E-state index >= 15 is 0 Å². The second-order valence-corrected chi connectivity index (χ2v) is 5.16. The van der Waals surface area contributed by atoms with Crippen molar-refractivity contribution in [1.29, 1.82) is 0 Å². The smallest absolute Gasteiger partial charge is 0.305 e. The molecule has 6 heteroatoms. The maximum absolute atomic E-state index is 10.8.